The molecule has 1 aromatic heterocycles. The molecule has 1 heterocycles. The first-order chi connectivity index (χ1) is 13.5. The molecule has 0 bridgehead atoms. The minimum absolute atomic E-state index is 0.150. The fourth-order valence-corrected chi connectivity index (χ4v) is 2.97. The molecule has 2 aromatic carbocycles. The largest absolute Gasteiger partial charge is 0.480 e. The minimum Gasteiger partial charge on any atom is -0.480 e. The van der Waals surface area contributed by atoms with Gasteiger partial charge in [-0.15, -0.1) is 0 Å². The number of benzene rings is 2. The summed E-state index contributed by atoms with van der Waals surface area (Å²) in [5.74, 6) is 1.28. The summed E-state index contributed by atoms with van der Waals surface area (Å²) < 4.78 is 11.2. The van der Waals surface area contributed by atoms with Crippen LogP contribution in [-0.2, 0) is 11.3 Å². The van der Waals surface area contributed by atoms with Gasteiger partial charge in [0.25, 0.3) is 5.91 Å². The molecule has 1 amide bonds. The normalized spacial score (nSPS) is 11.9. The van der Waals surface area contributed by atoms with E-state index in [4.69, 9.17) is 20.9 Å². The van der Waals surface area contributed by atoms with Crippen LogP contribution in [0.3, 0.4) is 0 Å². The number of aryl methyl sites for hydroxylation is 1. The maximum Gasteiger partial charge on any atom is 0.263 e. The molecule has 1 atom stereocenters. The summed E-state index contributed by atoms with van der Waals surface area (Å²) in [7, 11) is 1.69. The molecule has 28 heavy (non-hydrogen) atoms. The number of nitrogens with zero attached hydrogens (tertiary/aromatic N) is 3. The molecule has 3 aromatic rings. The predicted molar refractivity (Wildman–Crippen MR) is 107 cm³/mol. The summed E-state index contributed by atoms with van der Waals surface area (Å²) in [4.78, 5) is 18.7. The molecule has 6 nitrogen and oxygen atoms in total. The van der Waals surface area contributed by atoms with E-state index >= 15 is 0 Å². The van der Waals surface area contributed by atoms with Gasteiger partial charge in [0.05, 0.1) is 11.6 Å². The lowest BCUT2D eigenvalue weighted by molar-refractivity contribution is -0.138. The molecule has 146 valence electrons. The van der Waals surface area contributed by atoms with Gasteiger partial charge < -0.3 is 14.2 Å². The van der Waals surface area contributed by atoms with Crippen molar-refractivity contribution in [3.05, 3.63) is 65.0 Å². The topological polar surface area (TPSA) is 68.5 Å². The van der Waals surface area contributed by atoms with E-state index in [2.05, 4.69) is 10.1 Å². The van der Waals surface area contributed by atoms with Crippen molar-refractivity contribution < 1.29 is 14.1 Å². The van der Waals surface area contributed by atoms with E-state index in [0.29, 0.717) is 34.5 Å². The van der Waals surface area contributed by atoms with Crippen LogP contribution in [0.2, 0.25) is 5.02 Å². The molecule has 0 radical (unpaired) electrons. The summed E-state index contributed by atoms with van der Waals surface area (Å²) in [6.45, 7) is 4.05. The predicted octanol–water partition coefficient (Wildman–Crippen LogP) is 4.51. The molecule has 0 saturated heterocycles. The third kappa shape index (κ3) is 4.51. The molecule has 0 unspecified atom stereocenters. The number of likely N-dealkylation sites (N-methyl/N-ethyl adjacent to an activating group) is 1. The second-order valence-electron chi connectivity index (χ2n) is 6.47. The lowest BCUT2D eigenvalue weighted by Crippen LogP contribution is -2.39. The van der Waals surface area contributed by atoms with Crippen molar-refractivity contribution >= 4 is 17.5 Å². The van der Waals surface area contributed by atoms with Crippen LogP contribution in [0.4, 0.5) is 0 Å². The van der Waals surface area contributed by atoms with E-state index in [1.165, 1.54) is 4.90 Å². The van der Waals surface area contributed by atoms with Crippen LogP contribution < -0.4 is 4.74 Å². The average Bonchev–Trinajstić information content (AvgIpc) is 3.15. The first kappa shape index (κ1) is 19.9. The molecule has 0 aliphatic heterocycles. The third-order valence-electron chi connectivity index (χ3n) is 4.34. The van der Waals surface area contributed by atoms with Crippen molar-refractivity contribution in [1.82, 2.24) is 15.0 Å². The maximum atomic E-state index is 12.8. The minimum atomic E-state index is -0.586. The molecule has 0 fully saturated rings. The van der Waals surface area contributed by atoms with Crippen LogP contribution in [0.15, 0.2) is 53.1 Å². The average molecular weight is 400 g/mol. The Balaban J connectivity index is 1.68. The van der Waals surface area contributed by atoms with Crippen LogP contribution in [0.25, 0.3) is 11.4 Å². The Labute approximate surface area is 169 Å². The number of para-hydroxylation sites is 1. The first-order valence-corrected chi connectivity index (χ1v) is 9.42. The van der Waals surface area contributed by atoms with Gasteiger partial charge in [0.2, 0.25) is 11.7 Å². The summed E-state index contributed by atoms with van der Waals surface area (Å²) in [6.07, 6.45) is -0.0382. The van der Waals surface area contributed by atoms with Crippen molar-refractivity contribution in [2.75, 3.05) is 7.05 Å². The number of carbonyl (C=O) groups excluding carboxylic acids is 1. The Morgan fingerprint density at radius 2 is 1.93 bits per heavy atom. The summed E-state index contributed by atoms with van der Waals surface area (Å²) in [6, 6.07) is 14.9. The fraction of sp³-hybridized carbons (Fsp3) is 0.286. The monoisotopic (exact) mass is 399 g/mol. The Morgan fingerprint density at radius 3 is 2.64 bits per heavy atom. The standard InChI is InChI=1S/C21H22ClN3O3/c1-4-17(27-18-12-8-5-9-14(18)2)21(26)25(3)13-19-23-20(24-28-19)15-10-6-7-11-16(15)22/h5-12,17H,4,13H2,1-3H3/t17-/m0/s1. The zero-order chi connectivity index (χ0) is 20.1. The lowest BCUT2D eigenvalue weighted by Gasteiger charge is -2.23. The Morgan fingerprint density at radius 1 is 1.21 bits per heavy atom. The molecule has 0 saturated carbocycles. The fourth-order valence-electron chi connectivity index (χ4n) is 2.75. The number of carbonyl (C=O) groups is 1. The van der Waals surface area contributed by atoms with E-state index in [-0.39, 0.29) is 12.5 Å². The Kier molecular flexibility index (Phi) is 6.31. The summed E-state index contributed by atoms with van der Waals surface area (Å²) >= 11 is 6.17. The van der Waals surface area contributed by atoms with Crippen molar-refractivity contribution in [2.45, 2.75) is 32.9 Å². The van der Waals surface area contributed by atoms with Crippen LogP contribution in [0.1, 0.15) is 24.8 Å². The molecule has 0 aliphatic rings. The van der Waals surface area contributed by atoms with Crippen LogP contribution in [0, 0.1) is 6.92 Å². The smallest absolute Gasteiger partial charge is 0.263 e. The molecule has 3 rings (SSSR count). The van der Waals surface area contributed by atoms with Crippen LogP contribution in [0.5, 0.6) is 5.75 Å². The lowest BCUT2D eigenvalue weighted by atomic mass is 10.2. The Bertz CT molecular complexity index is 957. The number of hydrogen-bond acceptors (Lipinski definition) is 5. The van der Waals surface area contributed by atoms with Gasteiger partial charge in [0, 0.05) is 12.6 Å². The van der Waals surface area contributed by atoms with Gasteiger partial charge in [-0.25, -0.2) is 0 Å². The molecule has 0 spiro atoms. The molecule has 0 N–H and O–H groups in total. The molecule has 7 heteroatoms. The first-order valence-electron chi connectivity index (χ1n) is 9.04. The Hall–Kier alpha value is -2.86. The van der Waals surface area contributed by atoms with Gasteiger partial charge in [0.1, 0.15) is 5.75 Å². The van der Waals surface area contributed by atoms with Crippen molar-refractivity contribution in [3.8, 4) is 17.1 Å². The van der Waals surface area contributed by atoms with Crippen molar-refractivity contribution in [3.63, 3.8) is 0 Å². The molecular weight excluding hydrogens is 378 g/mol. The second kappa shape index (κ2) is 8.89. The van der Waals surface area contributed by atoms with Gasteiger partial charge in [0.15, 0.2) is 6.10 Å². The van der Waals surface area contributed by atoms with Crippen molar-refractivity contribution in [2.24, 2.45) is 0 Å². The van der Waals surface area contributed by atoms with Crippen LogP contribution in [-0.4, -0.2) is 34.1 Å². The van der Waals surface area contributed by atoms with Crippen molar-refractivity contribution in [1.29, 1.82) is 0 Å². The van der Waals surface area contributed by atoms with E-state index in [1.807, 2.05) is 56.3 Å². The number of amides is 1. The number of aromatic nitrogens is 2. The molecule has 0 aliphatic carbocycles. The van der Waals surface area contributed by atoms with Gasteiger partial charge in [-0.3, -0.25) is 4.79 Å². The van der Waals surface area contributed by atoms with Gasteiger partial charge in [-0.1, -0.05) is 54.0 Å². The highest BCUT2D eigenvalue weighted by atomic mass is 35.5. The number of ether oxygens (including phenoxy) is 1. The summed E-state index contributed by atoms with van der Waals surface area (Å²) in [5, 5.41) is 4.50. The molecular formula is C21H22ClN3O3. The van der Waals surface area contributed by atoms with E-state index in [1.54, 1.807) is 13.1 Å². The number of halogens is 1. The third-order valence-corrected chi connectivity index (χ3v) is 4.67. The maximum absolute atomic E-state index is 12.8. The van der Waals surface area contributed by atoms with Gasteiger partial charge >= 0.3 is 0 Å². The van der Waals surface area contributed by atoms with E-state index < -0.39 is 6.10 Å². The van der Waals surface area contributed by atoms with E-state index in [9.17, 15) is 4.79 Å². The highest BCUT2D eigenvalue weighted by molar-refractivity contribution is 6.33. The quantitative estimate of drug-likeness (QED) is 0.584. The van der Waals surface area contributed by atoms with Gasteiger partial charge in [-0.05, 0) is 37.1 Å². The van der Waals surface area contributed by atoms with Crippen LogP contribution >= 0.6 is 11.6 Å². The summed E-state index contributed by atoms with van der Waals surface area (Å²) in [5.41, 5.74) is 1.67. The number of hydrogen-bond donors (Lipinski definition) is 0. The van der Waals surface area contributed by atoms with E-state index in [0.717, 1.165) is 5.56 Å². The number of rotatable bonds is 7. The van der Waals surface area contributed by atoms with Gasteiger partial charge in [-0.2, -0.15) is 4.98 Å². The zero-order valence-electron chi connectivity index (χ0n) is 16.1. The second-order valence-corrected chi connectivity index (χ2v) is 6.87. The highest BCUT2D eigenvalue weighted by Crippen LogP contribution is 2.25. The SMILES string of the molecule is CC[C@H](Oc1ccccc1C)C(=O)N(C)Cc1nc(-c2ccccc2Cl)no1. The highest BCUT2D eigenvalue weighted by Gasteiger charge is 2.24. The zero-order valence-corrected chi connectivity index (χ0v) is 16.8.